The summed E-state index contributed by atoms with van der Waals surface area (Å²) in [7, 11) is 2.99. The maximum atomic E-state index is 13.2. The molecule has 1 unspecified atom stereocenters. The number of benzene rings is 1. The Kier molecular flexibility index (Phi) is 6.22. The number of carbonyl (C=O) groups is 2. The lowest BCUT2D eigenvalue weighted by molar-refractivity contribution is -0.140. The molecule has 0 saturated heterocycles. The molecule has 2 aliphatic rings. The lowest BCUT2D eigenvalue weighted by Gasteiger charge is -2.39. The minimum atomic E-state index is -0.602. The van der Waals surface area contributed by atoms with Crippen LogP contribution in [-0.4, -0.2) is 44.3 Å². The monoisotopic (exact) mass is 415 g/mol. The summed E-state index contributed by atoms with van der Waals surface area (Å²) in [6.07, 6.45) is 1.09. The molecule has 1 atom stereocenters. The van der Waals surface area contributed by atoms with Crippen molar-refractivity contribution in [1.29, 1.82) is 0 Å². The number of methoxy groups -OCH3 is 2. The minimum Gasteiger partial charge on any atom is -0.504 e. The fraction of sp³-hybridized carbons (Fsp3) is 0.478. The minimum absolute atomic E-state index is 0.000448. The fourth-order valence-electron chi connectivity index (χ4n) is 4.21. The van der Waals surface area contributed by atoms with Gasteiger partial charge in [-0.2, -0.15) is 0 Å². The summed E-state index contributed by atoms with van der Waals surface area (Å²) in [5.41, 5.74) is 2.95. The van der Waals surface area contributed by atoms with Gasteiger partial charge >= 0.3 is 5.97 Å². The molecule has 1 heterocycles. The molecule has 2 N–H and O–H groups in total. The summed E-state index contributed by atoms with van der Waals surface area (Å²) >= 11 is 0. The average molecular weight is 415 g/mol. The van der Waals surface area contributed by atoms with Gasteiger partial charge in [-0.15, -0.1) is 0 Å². The Balaban J connectivity index is 2.12. The van der Waals surface area contributed by atoms with Crippen molar-refractivity contribution in [2.75, 3.05) is 27.4 Å². The van der Waals surface area contributed by atoms with Gasteiger partial charge in [0, 0.05) is 36.4 Å². The molecule has 7 nitrogen and oxygen atoms in total. The van der Waals surface area contributed by atoms with E-state index in [2.05, 4.69) is 19.2 Å². The molecule has 0 fully saturated rings. The molecule has 0 amide bonds. The van der Waals surface area contributed by atoms with E-state index >= 15 is 0 Å². The maximum absolute atomic E-state index is 13.2. The second-order valence-electron chi connectivity index (χ2n) is 8.49. The van der Waals surface area contributed by atoms with E-state index in [4.69, 9.17) is 14.2 Å². The highest BCUT2D eigenvalue weighted by Gasteiger charge is 2.43. The van der Waals surface area contributed by atoms with Crippen molar-refractivity contribution in [2.45, 2.75) is 39.5 Å². The van der Waals surface area contributed by atoms with Crippen LogP contribution in [0.2, 0.25) is 0 Å². The number of ketones is 1. The highest BCUT2D eigenvalue weighted by Crippen LogP contribution is 2.47. The molecule has 1 aromatic rings. The number of phenols is 1. The van der Waals surface area contributed by atoms with Crippen LogP contribution in [0.25, 0.3) is 0 Å². The standard InChI is InChI=1S/C23H29NO6/c1-13-19(22(27)30-9-8-28-4)20(14-6-7-16(25)18(10-14)29-5)21-15(24-13)11-23(2,3)12-17(21)26/h6-7,10,20,24-25H,8-9,11-12H2,1-5H3. The highest BCUT2D eigenvalue weighted by molar-refractivity contribution is 6.04. The summed E-state index contributed by atoms with van der Waals surface area (Å²) < 4.78 is 15.6. The van der Waals surface area contributed by atoms with E-state index in [0.717, 1.165) is 5.70 Å². The van der Waals surface area contributed by atoms with Crippen LogP contribution in [0.15, 0.2) is 40.7 Å². The van der Waals surface area contributed by atoms with E-state index in [1.54, 1.807) is 12.1 Å². The number of nitrogens with one attached hydrogen (secondary N) is 1. The molecule has 0 radical (unpaired) electrons. The van der Waals surface area contributed by atoms with Crippen LogP contribution in [0.1, 0.15) is 45.1 Å². The zero-order chi connectivity index (χ0) is 22.1. The van der Waals surface area contributed by atoms with E-state index < -0.39 is 11.9 Å². The van der Waals surface area contributed by atoms with Crippen molar-refractivity contribution in [1.82, 2.24) is 5.32 Å². The number of rotatable bonds is 6. The number of dihydropyridines is 1. The van der Waals surface area contributed by atoms with Gasteiger partial charge in [-0.3, -0.25) is 4.79 Å². The van der Waals surface area contributed by atoms with Gasteiger partial charge in [0.25, 0.3) is 0 Å². The zero-order valence-electron chi connectivity index (χ0n) is 18.1. The second-order valence-corrected chi connectivity index (χ2v) is 8.49. The number of hydrogen-bond acceptors (Lipinski definition) is 7. The van der Waals surface area contributed by atoms with Crippen molar-refractivity contribution >= 4 is 11.8 Å². The molecular weight excluding hydrogens is 386 g/mol. The predicted molar refractivity (Wildman–Crippen MR) is 111 cm³/mol. The Morgan fingerprint density at radius 3 is 2.63 bits per heavy atom. The van der Waals surface area contributed by atoms with Crippen LogP contribution >= 0.6 is 0 Å². The summed E-state index contributed by atoms with van der Waals surface area (Å²) in [5, 5.41) is 13.3. The van der Waals surface area contributed by atoms with Crippen molar-refractivity contribution < 1.29 is 28.9 Å². The Hall–Kier alpha value is -2.80. The summed E-state index contributed by atoms with van der Waals surface area (Å²) in [6, 6.07) is 4.89. The molecule has 0 spiro atoms. The van der Waals surface area contributed by atoms with Crippen LogP contribution < -0.4 is 10.1 Å². The third-order valence-corrected chi connectivity index (χ3v) is 5.52. The van der Waals surface area contributed by atoms with E-state index in [-0.39, 0.29) is 35.9 Å². The van der Waals surface area contributed by atoms with Gasteiger partial charge in [-0.25, -0.2) is 4.79 Å². The van der Waals surface area contributed by atoms with Crippen molar-refractivity contribution in [2.24, 2.45) is 5.41 Å². The Bertz CT molecular complexity index is 928. The molecule has 1 aliphatic carbocycles. The van der Waals surface area contributed by atoms with E-state index in [0.29, 0.717) is 35.2 Å². The first-order valence-corrected chi connectivity index (χ1v) is 9.95. The Labute approximate surface area is 176 Å². The van der Waals surface area contributed by atoms with Gasteiger partial charge in [0.2, 0.25) is 0 Å². The largest absolute Gasteiger partial charge is 0.504 e. The molecule has 0 saturated carbocycles. The molecular formula is C23H29NO6. The molecule has 3 rings (SSSR count). The molecule has 162 valence electrons. The van der Waals surface area contributed by atoms with Crippen molar-refractivity contribution in [3.8, 4) is 11.5 Å². The van der Waals surface area contributed by atoms with E-state index in [9.17, 15) is 14.7 Å². The van der Waals surface area contributed by atoms with Gasteiger partial charge in [0.1, 0.15) is 6.61 Å². The predicted octanol–water partition coefficient (Wildman–Crippen LogP) is 3.19. The Morgan fingerprint density at radius 1 is 1.23 bits per heavy atom. The van der Waals surface area contributed by atoms with Crippen LogP contribution in [0.5, 0.6) is 11.5 Å². The lowest BCUT2D eigenvalue weighted by atomic mass is 9.68. The van der Waals surface area contributed by atoms with Gasteiger partial charge < -0.3 is 24.6 Å². The maximum Gasteiger partial charge on any atom is 0.336 e. The summed E-state index contributed by atoms with van der Waals surface area (Å²) in [4.78, 5) is 26.2. The van der Waals surface area contributed by atoms with Crippen molar-refractivity contribution in [3.63, 3.8) is 0 Å². The highest BCUT2D eigenvalue weighted by atomic mass is 16.6. The number of esters is 1. The summed E-state index contributed by atoms with van der Waals surface area (Å²) in [5.74, 6) is -0.833. The third-order valence-electron chi connectivity index (χ3n) is 5.52. The van der Waals surface area contributed by atoms with Crippen LogP contribution in [0, 0.1) is 5.41 Å². The average Bonchev–Trinajstić information content (AvgIpc) is 2.66. The fourth-order valence-corrected chi connectivity index (χ4v) is 4.21. The van der Waals surface area contributed by atoms with Gasteiger partial charge in [-0.05, 0) is 36.5 Å². The van der Waals surface area contributed by atoms with Crippen molar-refractivity contribution in [3.05, 3.63) is 46.3 Å². The molecule has 1 aliphatic heterocycles. The number of aromatic hydroxyl groups is 1. The number of Topliss-reactive ketones (excluding diaryl/α,β-unsaturated/α-hetero) is 1. The smallest absolute Gasteiger partial charge is 0.336 e. The van der Waals surface area contributed by atoms with Gasteiger partial charge in [0.05, 0.1) is 19.3 Å². The molecule has 30 heavy (non-hydrogen) atoms. The first-order chi connectivity index (χ1) is 14.2. The van der Waals surface area contributed by atoms with Crippen LogP contribution in [0.4, 0.5) is 0 Å². The van der Waals surface area contributed by atoms with Crippen LogP contribution in [0.3, 0.4) is 0 Å². The number of hydrogen-bond donors (Lipinski definition) is 2. The normalized spacial score (nSPS) is 20.6. The lowest BCUT2D eigenvalue weighted by Crippen LogP contribution is -2.38. The molecule has 0 aromatic heterocycles. The van der Waals surface area contributed by atoms with Gasteiger partial charge in [-0.1, -0.05) is 19.9 Å². The SMILES string of the molecule is COCCOC(=O)C1=C(C)NC2=C(C(=O)CC(C)(C)C2)C1c1ccc(O)c(OC)c1. The summed E-state index contributed by atoms with van der Waals surface area (Å²) in [6.45, 7) is 6.33. The van der Waals surface area contributed by atoms with Crippen LogP contribution in [-0.2, 0) is 19.1 Å². The number of phenolic OH excluding ortho intramolecular Hbond substituents is 1. The molecule has 7 heteroatoms. The number of carbonyl (C=O) groups excluding carboxylic acids is 2. The first kappa shape index (κ1) is 21.9. The van der Waals surface area contributed by atoms with E-state index in [1.807, 2.05) is 6.92 Å². The van der Waals surface area contributed by atoms with E-state index in [1.165, 1.54) is 20.3 Å². The topological polar surface area (TPSA) is 94.1 Å². The first-order valence-electron chi connectivity index (χ1n) is 9.95. The quantitative estimate of drug-likeness (QED) is 0.544. The Morgan fingerprint density at radius 2 is 1.97 bits per heavy atom. The third kappa shape index (κ3) is 4.21. The molecule has 0 bridgehead atoms. The zero-order valence-corrected chi connectivity index (χ0v) is 18.1. The number of allylic oxidation sites excluding steroid dienone is 3. The second kappa shape index (κ2) is 8.52. The molecule has 1 aromatic carbocycles. The number of ether oxygens (including phenoxy) is 3. The van der Waals surface area contributed by atoms with Gasteiger partial charge in [0.15, 0.2) is 17.3 Å².